The first-order valence-corrected chi connectivity index (χ1v) is 13.2. The molecule has 9 nitrogen and oxygen atoms in total. The van der Waals surface area contributed by atoms with Gasteiger partial charge in [-0.2, -0.15) is 4.72 Å². The fourth-order valence-corrected chi connectivity index (χ4v) is 5.58. The van der Waals surface area contributed by atoms with Crippen molar-refractivity contribution in [3.05, 3.63) is 59.7 Å². The van der Waals surface area contributed by atoms with Crippen molar-refractivity contribution >= 4 is 37.5 Å². The quantitative estimate of drug-likeness (QED) is 0.448. The highest BCUT2D eigenvalue weighted by Gasteiger charge is 2.26. The van der Waals surface area contributed by atoms with E-state index in [1.54, 1.807) is 30.3 Å². The minimum absolute atomic E-state index is 0.00734. The minimum Gasteiger partial charge on any atom is -0.456 e. The lowest BCUT2D eigenvalue weighted by molar-refractivity contribution is -0.144. The van der Waals surface area contributed by atoms with Crippen LogP contribution in [0.2, 0.25) is 0 Å². The number of nitrogens with one attached hydrogen (secondary N) is 1. The summed E-state index contributed by atoms with van der Waals surface area (Å²) in [6.45, 7) is 1.14. The second-order valence-electron chi connectivity index (χ2n) is 7.47. The van der Waals surface area contributed by atoms with Crippen LogP contribution in [0.1, 0.15) is 29.3 Å². The molecule has 2 aromatic rings. The lowest BCUT2D eigenvalue weighted by Gasteiger charge is -2.29. The van der Waals surface area contributed by atoms with E-state index in [2.05, 4.69) is 4.72 Å². The van der Waals surface area contributed by atoms with Crippen molar-refractivity contribution in [2.75, 3.05) is 23.7 Å². The molecule has 0 fully saturated rings. The molecule has 3 rings (SSSR count). The van der Waals surface area contributed by atoms with Crippen molar-refractivity contribution in [1.82, 2.24) is 4.72 Å². The number of aryl methyl sites for hydroxylation is 1. The number of esters is 1. The van der Waals surface area contributed by atoms with Gasteiger partial charge in [-0.15, -0.1) is 0 Å². The Morgan fingerprint density at radius 3 is 2.44 bits per heavy atom. The first kappa shape index (κ1) is 23.9. The lowest BCUT2D eigenvalue weighted by Crippen LogP contribution is -2.40. The molecule has 0 aliphatic carbocycles. The van der Waals surface area contributed by atoms with Crippen LogP contribution >= 0.6 is 0 Å². The van der Waals surface area contributed by atoms with E-state index in [4.69, 9.17) is 4.74 Å². The van der Waals surface area contributed by atoms with Gasteiger partial charge in [-0.3, -0.25) is 13.9 Å². The van der Waals surface area contributed by atoms with Crippen LogP contribution in [-0.4, -0.2) is 54.0 Å². The zero-order valence-corrected chi connectivity index (χ0v) is 19.3. The second kappa shape index (κ2) is 9.39. The molecule has 0 amide bonds. The van der Waals surface area contributed by atoms with Crippen molar-refractivity contribution in [3.63, 3.8) is 0 Å². The van der Waals surface area contributed by atoms with Gasteiger partial charge in [0.05, 0.1) is 16.8 Å². The summed E-state index contributed by atoms with van der Waals surface area (Å²) in [6, 6.07) is 11.0. The van der Waals surface area contributed by atoms with E-state index in [1.807, 2.05) is 0 Å². The first-order valence-electron chi connectivity index (χ1n) is 9.87. The minimum atomic E-state index is -3.91. The number of ether oxygens (including phenoxy) is 1. The Bertz CT molecular complexity index is 1230. The molecule has 1 aliphatic rings. The third-order valence-electron chi connectivity index (χ3n) is 4.96. The number of rotatable bonds is 8. The number of nitrogens with zero attached hydrogens (tertiary/aromatic N) is 1. The number of carbonyl (C=O) groups is 2. The predicted molar refractivity (Wildman–Crippen MR) is 118 cm³/mol. The maximum atomic E-state index is 12.5. The second-order valence-corrected chi connectivity index (χ2v) is 11.1. The predicted octanol–water partition coefficient (Wildman–Crippen LogP) is 1.49. The van der Waals surface area contributed by atoms with Crippen LogP contribution in [0.4, 0.5) is 5.69 Å². The van der Waals surface area contributed by atoms with E-state index >= 15 is 0 Å². The zero-order valence-electron chi connectivity index (χ0n) is 17.6. The number of benzene rings is 2. The van der Waals surface area contributed by atoms with E-state index in [0.717, 1.165) is 11.8 Å². The molecule has 0 unspecified atom stereocenters. The van der Waals surface area contributed by atoms with Crippen LogP contribution in [0.15, 0.2) is 53.4 Å². The molecular formula is C21H24N2O7S2. The number of Topliss-reactive ketones (excluding diaryl/α,β-unsaturated/α-hetero) is 1. The molecule has 172 valence electrons. The first-order chi connectivity index (χ1) is 15.0. The van der Waals surface area contributed by atoms with Gasteiger partial charge < -0.3 is 4.74 Å². The Balaban J connectivity index is 1.62. The van der Waals surface area contributed by atoms with Crippen molar-refractivity contribution in [2.24, 2.45) is 0 Å². The van der Waals surface area contributed by atoms with Crippen LogP contribution in [-0.2, 0) is 36.0 Å². The Morgan fingerprint density at radius 2 is 1.78 bits per heavy atom. The summed E-state index contributed by atoms with van der Waals surface area (Å²) in [7, 11) is -7.33. The summed E-state index contributed by atoms with van der Waals surface area (Å²) < 4.78 is 57.0. The van der Waals surface area contributed by atoms with Crippen molar-refractivity contribution in [1.29, 1.82) is 0 Å². The maximum absolute atomic E-state index is 12.5. The molecule has 1 N–H and O–H groups in total. The molecule has 2 aromatic carbocycles. The van der Waals surface area contributed by atoms with Gasteiger partial charge in [-0.05, 0) is 55.7 Å². The third kappa shape index (κ3) is 5.53. The number of sulfonamides is 2. The molecule has 1 heterocycles. The summed E-state index contributed by atoms with van der Waals surface area (Å²) in [5, 5.41) is 0. The Labute approximate surface area is 187 Å². The van der Waals surface area contributed by atoms with Gasteiger partial charge in [-0.1, -0.05) is 18.2 Å². The van der Waals surface area contributed by atoms with Gasteiger partial charge in [0.2, 0.25) is 20.0 Å². The van der Waals surface area contributed by atoms with E-state index in [-0.39, 0.29) is 10.5 Å². The van der Waals surface area contributed by atoms with Gasteiger partial charge in [-0.25, -0.2) is 16.8 Å². The maximum Gasteiger partial charge on any atom is 0.324 e. The number of fused-ring (bicyclic) bond motifs is 1. The molecule has 0 saturated heterocycles. The molecular weight excluding hydrogens is 456 g/mol. The standard InChI is InChI=1S/C21H24N2O7S2/c1-15(22-32(28,29)18-8-4-3-5-9-18)21(25)30-14-20(24)17-10-11-19-16(13-17)7-6-12-23(19)31(2,26)27/h3-5,8-11,13,15,22H,6-7,12,14H2,1-2H3/t15-/m0/s1. The summed E-state index contributed by atoms with van der Waals surface area (Å²) in [5.74, 6) is -1.37. The zero-order chi connectivity index (χ0) is 23.5. The molecule has 0 spiro atoms. The molecule has 32 heavy (non-hydrogen) atoms. The van der Waals surface area contributed by atoms with Gasteiger partial charge in [0.15, 0.2) is 12.4 Å². The summed E-state index contributed by atoms with van der Waals surface area (Å²) in [4.78, 5) is 24.7. The molecule has 1 atom stereocenters. The van der Waals surface area contributed by atoms with Crippen LogP contribution < -0.4 is 9.03 Å². The SMILES string of the molecule is C[C@H](NS(=O)(=O)c1ccccc1)C(=O)OCC(=O)c1ccc2c(c1)CCCN2S(C)(=O)=O. The van der Waals surface area contributed by atoms with Crippen molar-refractivity contribution in [3.8, 4) is 0 Å². The van der Waals surface area contributed by atoms with Crippen LogP contribution in [0.3, 0.4) is 0 Å². The summed E-state index contributed by atoms with van der Waals surface area (Å²) in [5.41, 5.74) is 1.54. The normalized spacial score (nSPS) is 15.0. The monoisotopic (exact) mass is 480 g/mol. The highest BCUT2D eigenvalue weighted by Crippen LogP contribution is 2.30. The molecule has 0 bridgehead atoms. The van der Waals surface area contributed by atoms with Gasteiger partial charge in [0.1, 0.15) is 6.04 Å². The molecule has 0 aromatic heterocycles. The number of ketones is 1. The number of anilines is 1. The molecule has 11 heteroatoms. The third-order valence-corrected chi connectivity index (χ3v) is 7.70. The highest BCUT2D eigenvalue weighted by atomic mass is 32.2. The highest BCUT2D eigenvalue weighted by molar-refractivity contribution is 7.92. The Morgan fingerprint density at radius 1 is 1.09 bits per heavy atom. The van der Waals surface area contributed by atoms with E-state index in [1.165, 1.54) is 29.4 Å². The number of hydrogen-bond acceptors (Lipinski definition) is 7. The van der Waals surface area contributed by atoms with Crippen molar-refractivity contribution in [2.45, 2.75) is 30.7 Å². The largest absolute Gasteiger partial charge is 0.456 e. The molecule has 1 aliphatic heterocycles. The van der Waals surface area contributed by atoms with Gasteiger partial charge >= 0.3 is 5.97 Å². The van der Waals surface area contributed by atoms with Crippen LogP contribution in [0, 0.1) is 0 Å². The van der Waals surface area contributed by atoms with Crippen LogP contribution in [0.5, 0.6) is 0 Å². The number of carbonyl (C=O) groups excluding carboxylic acids is 2. The average Bonchev–Trinajstić information content (AvgIpc) is 2.76. The molecule has 0 saturated carbocycles. The van der Waals surface area contributed by atoms with E-state index < -0.39 is 44.4 Å². The molecule has 0 radical (unpaired) electrons. The topological polar surface area (TPSA) is 127 Å². The Hall–Kier alpha value is -2.76. The van der Waals surface area contributed by atoms with E-state index in [0.29, 0.717) is 25.1 Å². The Kier molecular flexibility index (Phi) is 7.01. The van der Waals surface area contributed by atoms with Gasteiger partial charge in [0, 0.05) is 12.1 Å². The average molecular weight is 481 g/mol. The fraction of sp³-hybridized carbons (Fsp3) is 0.333. The van der Waals surface area contributed by atoms with Gasteiger partial charge in [0.25, 0.3) is 0 Å². The fourth-order valence-electron chi connectivity index (χ4n) is 3.37. The van der Waals surface area contributed by atoms with Crippen molar-refractivity contribution < 1.29 is 31.2 Å². The smallest absolute Gasteiger partial charge is 0.324 e. The van der Waals surface area contributed by atoms with E-state index in [9.17, 15) is 26.4 Å². The summed E-state index contributed by atoms with van der Waals surface area (Å²) in [6.07, 6.45) is 2.39. The number of hydrogen-bond donors (Lipinski definition) is 1. The summed E-state index contributed by atoms with van der Waals surface area (Å²) >= 11 is 0. The van der Waals surface area contributed by atoms with Crippen LogP contribution in [0.25, 0.3) is 0 Å². The lowest BCUT2D eigenvalue weighted by atomic mass is 9.99.